The van der Waals surface area contributed by atoms with E-state index in [4.69, 9.17) is 0 Å². The highest BCUT2D eigenvalue weighted by Crippen LogP contribution is 2.35. The number of carbonyl (C=O) groups is 1. The van der Waals surface area contributed by atoms with Gasteiger partial charge in [-0.15, -0.1) is 0 Å². The third kappa shape index (κ3) is 6.39. The van der Waals surface area contributed by atoms with E-state index in [2.05, 4.69) is 4.74 Å². The van der Waals surface area contributed by atoms with Gasteiger partial charge in [-0.05, 0) is 43.9 Å². The molecule has 1 aromatic rings. The normalized spacial score (nSPS) is 20.0. The fourth-order valence-electron chi connectivity index (χ4n) is 3.48. The Bertz CT molecular complexity index is 659. The Kier molecular flexibility index (Phi) is 7.36. The summed E-state index contributed by atoms with van der Waals surface area (Å²) in [5.41, 5.74) is -0.300. The van der Waals surface area contributed by atoms with E-state index < -0.39 is 36.2 Å². The van der Waals surface area contributed by atoms with Gasteiger partial charge in [0.1, 0.15) is 0 Å². The first-order chi connectivity index (χ1) is 13.0. The maximum absolute atomic E-state index is 13.3. The molecule has 2 rings (SSSR count). The lowest BCUT2D eigenvalue weighted by molar-refractivity contribution is -0.188. The van der Waals surface area contributed by atoms with Gasteiger partial charge in [-0.3, -0.25) is 4.79 Å². The standard InChI is InChI=1S/C19H23F6NO2/c1-2-28-17(27)10-16(19(23,24)25)12-26-8-4-6-14(11-26)13-5-3-7-15(9-13)18(20,21)22/h3,5,7,9,14,16H,2,4,6,8,10-12H2,1H3/t14-,16+/m1/s1. The smallest absolute Gasteiger partial charge is 0.416 e. The Labute approximate surface area is 159 Å². The van der Waals surface area contributed by atoms with Crippen molar-refractivity contribution in [1.29, 1.82) is 0 Å². The monoisotopic (exact) mass is 411 g/mol. The molecule has 0 bridgehead atoms. The van der Waals surface area contributed by atoms with Crippen molar-refractivity contribution in [3.63, 3.8) is 0 Å². The van der Waals surface area contributed by atoms with Crippen LogP contribution in [0.1, 0.15) is 43.2 Å². The minimum absolute atomic E-state index is 0.00471. The number of rotatable bonds is 6. The number of benzene rings is 1. The van der Waals surface area contributed by atoms with Crippen molar-refractivity contribution in [2.75, 3.05) is 26.2 Å². The molecule has 0 spiro atoms. The molecule has 0 aliphatic carbocycles. The van der Waals surface area contributed by atoms with Crippen LogP contribution >= 0.6 is 0 Å². The van der Waals surface area contributed by atoms with E-state index in [1.165, 1.54) is 13.0 Å². The fraction of sp³-hybridized carbons (Fsp3) is 0.632. The summed E-state index contributed by atoms with van der Waals surface area (Å²) in [6.07, 6.45) is -8.61. The summed E-state index contributed by atoms with van der Waals surface area (Å²) in [5, 5.41) is 0. The summed E-state index contributed by atoms with van der Waals surface area (Å²) in [5.74, 6) is -3.06. The van der Waals surface area contributed by atoms with Crippen molar-refractivity contribution in [3.8, 4) is 0 Å². The highest BCUT2D eigenvalue weighted by atomic mass is 19.4. The van der Waals surface area contributed by atoms with E-state index in [1.807, 2.05) is 0 Å². The third-order valence-corrected chi connectivity index (χ3v) is 4.85. The zero-order valence-corrected chi connectivity index (χ0v) is 15.4. The number of piperidine rings is 1. The molecule has 0 N–H and O–H groups in total. The second kappa shape index (κ2) is 9.15. The molecule has 2 atom stereocenters. The molecule has 0 aromatic heterocycles. The zero-order valence-electron chi connectivity index (χ0n) is 15.4. The molecule has 1 heterocycles. The van der Waals surface area contributed by atoms with Gasteiger partial charge >= 0.3 is 18.3 Å². The third-order valence-electron chi connectivity index (χ3n) is 4.85. The minimum atomic E-state index is -4.56. The molecule has 3 nitrogen and oxygen atoms in total. The van der Waals surface area contributed by atoms with Crippen molar-refractivity contribution < 1.29 is 35.9 Å². The highest BCUT2D eigenvalue weighted by molar-refractivity contribution is 5.69. The van der Waals surface area contributed by atoms with Crippen LogP contribution in [0.15, 0.2) is 24.3 Å². The second-order valence-electron chi connectivity index (χ2n) is 6.97. The molecule has 0 radical (unpaired) electrons. The number of hydrogen-bond donors (Lipinski definition) is 0. The Balaban J connectivity index is 2.08. The van der Waals surface area contributed by atoms with Gasteiger partial charge in [-0.1, -0.05) is 18.2 Å². The van der Waals surface area contributed by atoms with Crippen LogP contribution in [-0.4, -0.2) is 43.3 Å². The van der Waals surface area contributed by atoms with Gasteiger partial charge < -0.3 is 9.64 Å². The van der Waals surface area contributed by atoms with Crippen LogP contribution in [0.2, 0.25) is 0 Å². The highest BCUT2D eigenvalue weighted by Gasteiger charge is 2.42. The Morgan fingerprint density at radius 1 is 1.25 bits per heavy atom. The van der Waals surface area contributed by atoms with Crippen LogP contribution in [0.3, 0.4) is 0 Å². The van der Waals surface area contributed by atoms with Crippen molar-refractivity contribution in [1.82, 2.24) is 4.90 Å². The number of alkyl halides is 6. The lowest BCUT2D eigenvalue weighted by Crippen LogP contribution is -2.42. The quantitative estimate of drug-likeness (QED) is 0.487. The number of esters is 1. The Hall–Kier alpha value is -1.77. The number of halogens is 6. The summed E-state index contributed by atoms with van der Waals surface area (Å²) < 4.78 is 83.3. The molecule has 0 unspecified atom stereocenters. The van der Waals surface area contributed by atoms with Crippen LogP contribution in [0.25, 0.3) is 0 Å². The van der Waals surface area contributed by atoms with Gasteiger partial charge in [-0.25, -0.2) is 0 Å². The van der Waals surface area contributed by atoms with Crippen LogP contribution < -0.4 is 0 Å². The summed E-state index contributed by atoms with van der Waals surface area (Å²) in [7, 11) is 0. The number of ether oxygens (including phenoxy) is 1. The maximum atomic E-state index is 13.3. The molecule has 9 heteroatoms. The van der Waals surface area contributed by atoms with Crippen LogP contribution in [0.4, 0.5) is 26.3 Å². The first-order valence-corrected chi connectivity index (χ1v) is 9.12. The van der Waals surface area contributed by atoms with Crippen molar-refractivity contribution in [3.05, 3.63) is 35.4 Å². The summed E-state index contributed by atoms with van der Waals surface area (Å²) >= 11 is 0. The van der Waals surface area contributed by atoms with Crippen LogP contribution in [0.5, 0.6) is 0 Å². The average molecular weight is 411 g/mol. The van der Waals surface area contributed by atoms with E-state index in [9.17, 15) is 31.1 Å². The molecule has 0 amide bonds. The van der Waals surface area contributed by atoms with E-state index in [0.29, 0.717) is 24.9 Å². The minimum Gasteiger partial charge on any atom is -0.466 e. The predicted octanol–water partition coefficient (Wildman–Crippen LogP) is 5.02. The molecule has 1 aliphatic rings. The maximum Gasteiger partial charge on any atom is 0.416 e. The van der Waals surface area contributed by atoms with Crippen LogP contribution in [0, 0.1) is 5.92 Å². The zero-order chi connectivity index (χ0) is 20.9. The molecule has 0 saturated carbocycles. The van der Waals surface area contributed by atoms with E-state index in [1.54, 1.807) is 11.0 Å². The summed E-state index contributed by atoms with van der Waals surface area (Å²) in [4.78, 5) is 13.1. The lowest BCUT2D eigenvalue weighted by atomic mass is 9.89. The topological polar surface area (TPSA) is 29.5 Å². The van der Waals surface area contributed by atoms with E-state index in [-0.39, 0.29) is 25.6 Å². The first kappa shape index (κ1) is 22.5. The van der Waals surface area contributed by atoms with Crippen LogP contribution in [-0.2, 0) is 15.7 Å². The van der Waals surface area contributed by atoms with Crippen molar-refractivity contribution in [2.24, 2.45) is 5.92 Å². The lowest BCUT2D eigenvalue weighted by Gasteiger charge is -2.35. The number of nitrogens with zero attached hydrogens (tertiary/aromatic N) is 1. The first-order valence-electron chi connectivity index (χ1n) is 9.12. The molecular weight excluding hydrogens is 388 g/mol. The SMILES string of the molecule is CCOC(=O)C[C@@H](CN1CCC[C@@H](c2cccc(C(F)(F)F)c2)C1)C(F)(F)F. The number of likely N-dealkylation sites (tertiary alicyclic amines) is 1. The molecule has 28 heavy (non-hydrogen) atoms. The van der Waals surface area contributed by atoms with Gasteiger partial charge in [0.05, 0.1) is 24.5 Å². The molecule has 1 saturated heterocycles. The van der Waals surface area contributed by atoms with E-state index >= 15 is 0 Å². The van der Waals surface area contributed by atoms with Gasteiger partial charge in [0, 0.05) is 13.1 Å². The number of carbonyl (C=O) groups excluding carboxylic acids is 1. The molecule has 158 valence electrons. The molecule has 1 aliphatic heterocycles. The predicted molar refractivity (Wildman–Crippen MR) is 90.7 cm³/mol. The molecular formula is C19H23F6NO2. The summed E-state index contributed by atoms with van der Waals surface area (Å²) in [6, 6.07) is 4.93. The van der Waals surface area contributed by atoms with Gasteiger partial charge in [0.2, 0.25) is 0 Å². The Morgan fingerprint density at radius 2 is 1.96 bits per heavy atom. The second-order valence-corrected chi connectivity index (χ2v) is 6.97. The average Bonchev–Trinajstić information content (AvgIpc) is 2.60. The number of hydrogen-bond acceptors (Lipinski definition) is 3. The van der Waals surface area contributed by atoms with Crippen molar-refractivity contribution >= 4 is 5.97 Å². The largest absolute Gasteiger partial charge is 0.466 e. The summed E-state index contributed by atoms with van der Waals surface area (Å²) in [6.45, 7) is 1.77. The molecule has 1 fully saturated rings. The van der Waals surface area contributed by atoms with Gasteiger partial charge in [0.15, 0.2) is 0 Å². The van der Waals surface area contributed by atoms with Gasteiger partial charge in [0.25, 0.3) is 0 Å². The Morgan fingerprint density at radius 3 is 2.57 bits per heavy atom. The van der Waals surface area contributed by atoms with Crippen molar-refractivity contribution in [2.45, 2.75) is 44.5 Å². The van der Waals surface area contributed by atoms with E-state index in [0.717, 1.165) is 12.1 Å². The molecule has 1 aromatic carbocycles. The van der Waals surface area contributed by atoms with Gasteiger partial charge in [-0.2, -0.15) is 26.3 Å². The fourth-order valence-corrected chi connectivity index (χ4v) is 3.48.